The Morgan fingerprint density at radius 3 is 2.32 bits per heavy atom. The Hall–Kier alpha value is -1.95. The summed E-state index contributed by atoms with van der Waals surface area (Å²) >= 11 is 0. The minimum Gasteiger partial charge on any atom is -0.393 e. The third kappa shape index (κ3) is 4.27. The fourth-order valence-corrected chi connectivity index (χ4v) is 2.27. The maximum atomic E-state index is 12.0. The van der Waals surface area contributed by atoms with Crippen LogP contribution in [0.3, 0.4) is 0 Å². The summed E-state index contributed by atoms with van der Waals surface area (Å²) in [6.45, 7) is 6.46. The van der Waals surface area contributed by atoms with Crippen LogP contribution in [-0.2, 0) is 10.8 Å². The standard InChI is InChI=1S/C16H20N2O3S/c1-16(2,3)11-21-18-15(19)9-13(10-17-18)12-5-7-14(8-6-12)22(4)20/h5-10H,11H2,1-4H3. The van der Waals surface area contributed by atoms with Gasteiger partial charge in [-0.25, -0.2) is 0 Å². The van der Waals surface area contributed by atoms with E-state index in [1.165, 1.54) is 6.07 Å². The summed E-state index contributed by atoms with van der Waals surface area (Å²) in [5, 5.41) is 4.04. The fraction of sp³-hybridized carbons (Fsp3) is 0.375. The fourth-order valence-electron chi connectivity index (χ4n) is 1.75. The van der Waals surface area contributed by atoms with Crippen molar-refractivity contribution in [2.75, 3.05) is 12.9 Å². The topological polar surface area (TPSA) is 61.2 Å². The van der Waals surface area contributed by atoms with Crippen molar-refractivity contribution in [1.29, 1.82) is 0 Å². The highest BCUT2D eigenvalue weighted by Crippen LogP contribution is 2.18. The lowest BCUT2D eigenvalue weighted by Crippen LogP contribution is -2.33. The predicted octanol–water partition coefficient (Wildman–Crippen LogP) is 2.12. The SMILES string of the molecule is CS(=O)c1ccc(-c2cnn(OCC(C)(C)C)c(=O)c2)cc1. The van der Waals surface area contributed by atoms with Crippen molar-refractivity contribution in [2.24, 2.45) is 5.41 Å². The summed E-state index contributed by atoms with van der Waals surface area (Å²) in [4.78, 5) is 19.2. The molecule has 2 rings (SSSR count). The van der Waals surface area contributed by atoms with Crippen LogP contribution < -0.4 is 10.4 Å². The summed E-state index contributed by atoms with van der Waals surface area (Å²) in [5.74, 6) is 0. The number of rotatable bonds is 4. The van der Waals surface area contributed by atoms with Crippen molar-refractivity contribution >= 4 is 10.8 Å². The lowest BCUT2D eigenvalue weighted by Gasteiger charge is -2.18. The summed E-state index contributed by atoms with van der Waals surface area (Å²) in [7, 11) is -1.01. The zero-order valence-corrected chi connectivity index (χ0v) is 14.0. The molecule has 1 heterocycles. The Labute approximate surface area is 132 Å². The van der Waals surface area contributed by atoms with Gasteiger partial charge >= 0.3 is 5.56 Å². The lowest BCUT2D eigenvalue weighted by atomic mass is 9.99. The summed E-state index contributed by atoms with van der Waals surface area (Å²) in [6, 6.07) is 8.70. The monoisotopic (exact) mass is 320 g/mol. The van der Waals surface area contributed by atoms with Crippen LogP contribution in [0.2, 0.25) is 0 Å². The van der Waals surface area contributed by atoms with Gasteiger partial charge in [-0.3, -0.25) is 9.00 Å². The third-order valence-electron chi connectivity index (χ3n) is 2.91. The summed E-state index contributed by atoms with van der Waals surface area (Å²) in [6.07, 6.45) is 3.21. The van der Waals surface area contributed by atoms with Crippen LogP contribution in [0.15, 0.2) is 46.2 Å². The average molecular weight is 320 g/mol. The number of benzene rings is 1. The van der Waals surface area contributed by atoms with E-state index in [1.807, 2.05) is 32.9 Å². The minimum atomic E-state index is -1.01. The van der Waals surface area contributed by atoms with Crippen LogP contribution >= 0.6 is 0 Å². The van der Waals surface area contributed by atoms with Gasteiger partial charge in [-0.1, -0.05) is 37.7 Å². The first-order chi connectivity index (χ1) is 10.3. The largest absolute Gasteiger partial charge is 0.393 e. The van der Waals surface area contributed by atoms with Crippen LogP contribution in [0.25, 0.3) is 11.1 Å². The molecule has 0 fully saturated rings. The van der Waals surface area contributed by atoms with Gasteiger partial charge in [0.1, 0.15) is 6.61 Å². The quantitative estimate of drug-likeness (QED) is 0.866. The van der Waals surface area contributed by atoms with Crippen LogP contribution in [-0.4, -0.2) is 27.0 Å². The first-order valence-electron chi connectivity index (χ1n) is 6.93. The predicted molar refractivity (Wildman–Crippen MR) is 87.2 cm³/mol. The average Bonchev–Trinajstić information content (AvgIpc) is 2.45. The van der Waals surface area contributed by atoms with Gasteiger partial charge in [0.25, 0.3) is 0 Å². The van der Waals surface area contributed by atoms with E-state index in [0.29, 0.717) is 12.2 Å². The maximum absolute atomic E-state index is 12.0. The van der Waals surface area contributed by atoms with Crippen LogP contribution in [0.4, 0.5) is 0 Å². The molecular formula is C16H20N2O3S. The van der Waals surface area contributed by atoms with Crippen LogP contribution in [0, 0.1) is 5.41 Å². The highest BCUT2D eigenvalue weighted by Gasteiger charge is 2.12. The summed E-state index contributed by atoms with van der Waals surface area (Å²) in [5.41, 5.74) is 1.19. The molecule has 5 nitrogen and oxygen atoms in total. The molecule has 0 N–H and O–H groups in total. The Bertz CT molecular complexity index is 730. The Balaban J connectivity index is 2.22. The Morgan fingerprint density at radius 2 is 1.82 bits per heavy atom. The van der Waals surface area contributed by atoms with E-state index in [4.69, 9.17) is 4.84 Å². The molecule has 0 radical (unpaired) electrons. The molecule has 0 aliphatic carbocycles. The number of hydrogen-bond donors (Lipinski definition) is 0. The molecule has 0 amide bonds. The smallest absolute Gasteiger partial charge is 0.303 e. The van der Waals surface area contributed by atoms with E-state index in [9.17, 15) is 9.00 Å². The van der Waals surface area contributed by atoms with Crippen molar-refractivity contribution in [2.45, 2.75) is 25.7 Å². The molecule has 1 aromatic carbocycles. The van der Waals surface area contributed by atoms with Crippen molar-refractivity contribution in [3.05, 3.63) is 46.9 Å². The molecule has 0 aliphatic heterocycles. The first-order valence-corrected chi connectivity index (χ1v) is 8.49. The molecule has 0 saturated carbocycles. The number of nitrogens with zero attached hydrogens (tertiary/aromatic N) is 2. The molecule has 0 spiro atoms. The van der Waals surface area contributed by atoms with Crippen molar-refractivity contribution < 1.29 is 9.05 Å². The normalized spacial score (nSPS) is 12.9. The third-order valence-corrected chi connectivity index (χ3v) is 3.84. The molecule has 0 aliphatic rings. The molecular weight excluding hydrogens is 300 g/mol. The molecule has 1 atom stereocenters. The maximum Gasteiger partial charge on any atom is 0.303 e. The first kappa shape index (κ1) is 16.4. The van der Waals surface area contributed by atoms with Crippen molar-refractivity contribution in [3.8, 4) is 11.1 Å². The van der Waals surface area contributed by atoms with Gasteiger partial charge in [0.15, 0.2) is 0 Å². The van der Waals surface area contributed by atoms with E-state index < -0.39 is 10.8 Å². The van der Waals surface area contributed by atoms with Gasteiger partial charge in [0.05, 0.1) is 6.20 Å². The molecule has 118 valence electrons. The number of hydrogen-bond acceptors (Lipinski definition) is 4. The van der Waals surface area contributed by atoms with Crippen LogP contribution in [0.5, 0.6) is 0 Å². The molecule has 2 aromatic rings. The van der Waals surface area contributed by atoms with Crippen LogP contribution in [0.1, 0.15) is 20.8 Å². The molecule has 1 aromatic heterocycles. The molecule has 0 saturated heterocycles. The van der Waals surface area contributed by atoms with Crippen molar-refractivity contribution in [3.63, 3.8) is 0 Å². The number of aromatic nitrogens is 2. The van der Waals surface area contributed by atoms with Gasteiger partial charge in [0.2, 0.25) is 0 Å². The van der Waals surface area contributed by atoms with E-state index in [-0.39, 0.29) is 11.0 Å². The Morgan fingerprint density at radius 1 is 1.18 bits per heavy atom. The van der Waals surface area contributed by atoms with Gasteiger partial charge in [0, 0.05) is 33.6 Å². The highest BCUT2D eigenvalue weighted by molar-refractivity contribution is 7.84. The van der Waals surface area contributed by atoms with Gasteiger partial charge in [-0.05, 0) is 23.1 Å². The van der Waals surface area contributed by atoms with Gasteiger partial charge in [-0.2, -0.15) is 0 Å². The van der Waals surface area contributed by atoms with E-state index >= 15 is 0 Å². The van der Waals surface area contributed by atoms with Gasteiger partial charge in [-0.15, -0.1) is 5.10 Å². The van der Waals surface area contributed by atoms with E-state index in [2.05, 4.69) is 5.10 Å². The molecule has 6 heteroatoms. The second-order valence-electron chi connectivity index (χ2n) is 6.27. The summed E-state index contributed by atoms with van der Waals surface area (Å²) < 4.78 is 11.4. The Kier molecular flexibility index (Phi) is 4.81. The van der Waals surface area contributed by atoms with Gasteiger partial charge < -0.3 is 4.84 Å². The molecule has 1 unspecified atom stereocenters. The second-order valence-corrected chi connectivity index (χ2v) is 7.65. The zero-order valence-electron chi connectivity index (χ0n) is 13.2. The lowest BCUT2D eigenvalue weighted by molar-refractivity contribution is 0.0259. The van der Waals surface area contributed by atoms with E-state index in [0.717, 1.165) is 15.3 Å². The molecule has 0 bridgehead atoms. The molecule has 22 heavy (non-hydrogen) atoms. The zero-order chi connectivity index (χ0) is 16.3. The minimum absolute atomic E-state index is 0.0502. The van der Waals surface area contributed by atoms with E-state index in [1.54, 1.807) is 24.6 Å². The second kappa shape index (κ2) is 6.44. The highest BCUT2D eigenvalue weighted by atomic mass is 32.2. The van der Waals surface area contributed by atoms with Crippen molar-refractivity contribution in [1.82, 2.24) is 9.94 Å².